The van der Waals surface area contributed by atoms with E-state index in [1.54, 1.807) is 7.11 Å². The molecule has 37 heavy (non-hydrogen) atoms. The molecule has 0 radical (unpaired) electrons. The number of benzene rings is 1. The van der Waals surface area contributed by atoms with E-state index in [4.69, 9.17) is 9.47 Å². The summed E-state index contributed by atoms with van der Waals surface area (Å²) in [4.78, 5) is 15.4. The van der Waals surface area contributed by atoms with E-state index in [9.17, 15) is 9.90 Å². The summed E-state index contributed by atoms with van der Waals surface area (Å²) in [5, 5.41) is 19.0. The Labute approximate surface area is 223 Å². The fourth-order valence-electron chi connectivity index (χ4n) is 6.91. The van der Waals surface area contributed by atoms with Crippen LogP contribution in [0.2, 0.25) is 0 Å². The van der Waals surface area contributed by atoms with E-state index in [1.165, 1.54) is 32.1 Å². The molecule has 1 aromatic carbocycles. The highest BCUT2D eigenvalue weighted by Crippen LogP contribution is 2.44. The quantitative estimate of drug-likeness (QED) is 0.354. The van der Waals surface area contributed by atoms with Gasteiger partial charge < -0.3 is 30.1 Å². The smallest absolute Gasteiger partial charge is 0.317 e. The average molecular weight is 516 g/mol. The first-order chi connectivity index (χ1) is 18.0. The van der Waals surface area contributed by atoms with Gasteiger partial charge in [0.25, 0.3) is 0 Å². The van der Waals surface area contributed by atoms with Crippen LogP contribution >= 0.6 is 0 Å². The molecule has 0 unspecified atom stereocenters. The van der Waals surface area contributed by atoms with E-state index in [0.717, 1.165) is 68.5 Å². The zero-order valence-corrected chi connectivity index (χ0v) is 23.1. The molecule has 3 atom stereocenters. The summed E-state index contributed by atoms with van der Waals surface area (Å²) < 4.78 is 11.1. The van der Waals surface area contributed by atoms with Crippen LogP contribution < -0.4 is 15.4 Å². The number of piperidine rings is 1. The number of rotatable bonds is 12. The van der Waals surface area contributed by atoms with Gasteiger partial charge in [-0.05, 0) is 63.1 Å². The predicted octanol–water partition coefficient (Wildman–Crippen LogP) is 4.61. The van der Waals surface area contributed by atoms with E-state index in [0.29, 0.717) is 32.1 Å². The van der Waals surface area contributed by atoms with E-state index < -0.39 is 5.60 Å². The Bertz CT molecular complexity index is 859. The molecule has 2 fully saturated rings. The van der Waals surface area contributed by atoms with E-state index in [1.807, 2.05) is 24.1 Å². The molecule has 1 saturated carbocycles. The first kappa shape index (κ1) is 28.2. The summed E-state index contributed by atoms with van der Waals surface area (Å²) in [6.07, 6.45) is 12.7. The number of nitrogens with zero attached hydrogens (tertiary/aromatic N) is 1. The number of ether oxygens (including phenoxy) is 2. The van der Waals surface area contributed by atoms with Crippen LogP contribution in [0.4, 0.5) is 4.79 Å². The Kier molecular flexibility index (Phi) is 10.5. The number of aliphatic hydroxyl groups is 1. The summed E-state index contributed by atoms with van der Waals surface area (Å²) in [5.41, 5.74) is 1.15. The average Bonchev–Trinajstić information content (AvgIpc) is 3.41. The van der Waals surface area contributed by atoms with E-state index >= 15 is 0 Å². The van der Waals surface area contributed by atoms with E-state index in [-0.39, 0.29) is 18.0 Å². The van der Waals surface area contributed by atoms with Crippen molar-refractivity contribution in [1.29, 1.82) is 0 Å². The molecule has 7 heteroatoms. The Morgan fingerprint density at radius 1 is 1.22 bits per heavy atom. The molecule has 2 aliphatic heterocycles. The maximum absolute atomic E-state index is 13.5. The van der Waals surface area contributed by atoms with Crippen LogP contribution in [0.3, 0.4) is 0 Å². The Hall–Kier alpha value is -1.83. The lowest BCUT2D eigenvalue weighted by Crippen LogP contribution is -2.54. The van der Waals surface area contributed by atoms with Crippen molar-refractivity contribution in [3.8, 4) is 5.75 Å². The van der Waals surface area contributed by atoms with Gasteiger partial charge in [0.2, 0.25) is 0 Å². The van der Waals surface area contributed by atoms with E-state index in [2.05, 4.69) is 16.7 Å². The van der Waals surface area contributed by atoms with Crippen LogP contribution in [0.25, 0.3) is 0 Å². The van der Waals surface area contributed by atoms with Gasteiger partial charge in [0, 0.05) is 57.3 Å². The van der Waals surface area contributed by atoms with Gasteiger partial charge in [-0.3, -0.25) is 0 Å². The van der Waals surface area contributed by atoms with Gasteiger partial charge in [-0.2, -0.15) is 0 Å². The summed E-state index contributed by atoms with van der Waals surface area (Å²) in [6, 6.07) is 6.25. The molecule has 0 bridgehead atoms. The third-order valence-electron chi connectivity index (χ3n) is 8.87. The van der Waals surface area contributed by atoms with Gasteiger partial charge in [0.1, 0.15) is 5.75 Å². The number of hydrogen-bond donors (Lipinski definition) is 3. The van der Waals surface area contributed by atoms with Crippen molar-refractivity contribution in [3.05, 3.63) is 29.3 Å². The molecule has 0 spiro atoms. The third kappa shape index (κ3) is 7.18. The fraction of sp³-hybridized carbons (Fsp3) is 0.767. The molecule has 3 N–H and O–H groups in total. The molecule has 4 rings (SSSR count). The molecule has 0 aromatic heterocycles. The molecule has 2 amide bonds. The number of hydrogen-bond acceptors (Lipinski definition) is 5. The molecule has 1 saturated heterocycles. The summed E-state index contributed by atoms with van der Waals surface area (Å²) in [7, 11) is 3.68. The van der Waals surface area contributed by atoms with Crippen LogP contribution in [-0.4, -0.2) is 69.1 Å². The predicted molar refractivity (Wildman–Crippen MR) is 147 cm³/mol. The molecule has 1 aliphatic carbocycles. The van der Waals surface area contributed by atoms with Gasteiger partial charge in [-0.25, -0.2) is 4.79 Å². The lowest BCUT2D eigenvalue weighted by atomic mass is 9.72. The summed E-state index contributed by atoms with van der Waals surface area (Å²) >= 11 is 0. The first-order valence-corrected chi connectivity index (χ1v) is 14.7. The lowest BCUT2D eigenvalue weighted by Gasteiger charge is -2.43. The van der Waals surface area contributed by atoms with Crippen LogP contribution in [-0.2, 0) is 16.8 Å². The first-order valence-electron chi connectivity index (χ1n) is 14.7. The van der Waals surface area contributed by atoms with Crippen molar-refractivity contribution in [2.24, 2.45) is 11.8 Å². The minimum atomic E-state index is -0.988. The molecule has 3 aliphatic rings. The number of nitrogens with one attached hydrogen (secondary N) is 2. The standard InChI is InChI=1S/C30H49N3O4/c1-31-21-25(20-23-10-4-3-5-11-23)32-29(34)33-17-9-12-24(22-33)30(35,16-6-7-18-36-2)27-13-8-14-28-26(27)15-19-37-28/h8,13-14,23-25,31,35H,3-7,9-12,15-22H2,1-2H3,(H,32,34)/t24-,25+,30+/m1/s1. The molecule has 208 valence electrons. The van der Waals surface area contributed by atoms with Crippen LogP contribution in [0.15, 0.2) is 18.2 Å². The highest BCUT2D eigenvalue weighted by atomic mass is 16.5. The Balaban J connectivity index is 1.46. The highest BCUT2D eigenvalue weighted by Gasteiger charge is 2.43. The largest absolute Gasteiger partial charge is 0.493 e. The summed E-state index contributed by atoms with van der Waals surface area (Å²) in [6.45, 7) is 3.47. The van der Waals surface area contributed by atoms with Crippen LogP contribution in [0.1, 0.15) is 81.8 Å². The second-order valence-electron chi connectivity index (χ2n) is 11.5. The van der Waals surface area contributed by atoms with Crippen LogP contribution in [0.5, 0.6) is 5.75 Å². The number of urea groups is 1. The Morgan fingerprint density at radius 3 is 2.84 bits per heavy atom. The zero-order valence-electron chi connectivity index (χ0n) is 23.1. The van der Waals surface area contributed by atoms with Crippen molar-refractivity contribution in [3.63, 3.8) is 0 Å². The number of unbranched alkanes of at least 4 members (excludes halogenated alkanes) is 1. The fourth-order valence-corrected chi connectivity index (χ4v) is 6.91. The SMILES string of the molecule is CNC[C@H](CC1CCCCC1)NC(=O)N1CCC[C@@H]([C@@](O)(CCCCOC)c2cccc3c2CCO3)C1. The minimum absolute atomic E-state index is 0.0114. The molecule has 1 aromatic rings. The maximum Gasteiger partial charge on any atom is 0.317 e. The van der Waals surface area contributed by atoms with Gasteiger partial charge in [-0.1, -0.05) is 44.2 Å². The highest BCUT2D eigenvalue weighted by molar-refractivity contribution is 5.74. The maximum atomic E-state index is 13.5. The van der Waals surface area contributed by atoms with Crippen molar-refractivity contribution in [2.75, 3.05) is 47.0 Å². The van der Waals surface area contributed by atoms with Gasteiger partial charge in [0.05, 0.1) is 12.2 Å². The molecule has 7 nitrogen and oxygen atoms in total. The zero-order chi connectivity index (χ0) is 26.1. The normalized spacial score (nSPS) is 22.7. The van der Waals surface area contributed by atoms with Crippen LogP contribution in [0, 0.1) is 11.8 Å². The number of amides is 2. The Morgan fingerprint density at radius 2 is 2.05 bits per heavy atom. The second kappa shape index (κ2) is 13.8. The minimum Gasteiger partial charge on any atom is -0.493 e. The number of methoxy groups -OCH3 is 1. The molecule has 2 heterocycles. The van der Waals surface area contributed by atoms with Crippen molar-refractivity contribution in [2.45, 2.75) is 88.7 Å². The monoisotopic (exact) mass is 515 g/mol. The molecular weight excluding hydrogens is 466 g/mol. The van der Waals surface area contributed by atoms with Gasteiger partial charge in [-0.15, -0.1) is 0 Å². The number of likely N-dealkylation sites (tertiary alicyclic amines) is 1. The van der Waals surface area contributed by atoms with Crippen molar-refractivity contribution >= 4 is 6.03 Å². The molecular formula is C30H49N3O4. The third-order valence-corrected chi connectivity index (χ3v) is 8.87. The number of fused-ring (bicyclic) bond motifs is 1. The van der Waals surface area contributed by atoms with Crippen molar-refractivity contribution in [1.82, 2.24) is 15.5 Å². The second-order valence-corrected chi connectivity index (χ2v) is 11.5. The topological polar surface area (TPSA) is 83.1 Å². The van der Waals surface area contributed by atoms with Gasteiger partial charge in [0.15, 0.2) is 0 Å². The number of carbonyl (C=O) groups is 1. The lowest BCUT2D eigenvalue weighted by molar-refractivity contribution is -0.0569. The number of carbonyl (C=O) groups excluding carboxylic acids is 1. The summed E-state index contributed by atoms with van der Waals surface area (Å²) in [5.74, 6) is 1.60. The number of likely N-dealkylation sites (N-methyl/N-ethyl adjacent to an activating group) is 1. The van der Waals surface area contributed by atoms with Gasteiger partial charge >= 0.3 is 6.03 Å². The van der Waals surface area contributed by atoms with Crippen molar-refractivity contribution < 1.29 is 19.4 Å².